The summed E-state index contributed by atoms with van der Waals surface area (Å²) in [7, 11) is 0. The monoisotopic (exact) mass is 155 g/mol. The molecule has 2 unspecified atom stereocenters. The smallest absolute Gasteiger partial charge is 0.00696 e. The van der Waals surface area contributed by atoms with Gasteiger partial charge in [0, 0.05) is 6.04 Å². The molecule has 1 nitrogen and oxygen atoms in total. The van der Waals surface area contributed by atoms with Crippen molar-refractivity contribution in [1.29, 1.82) is 0 Å². The Bertz CT molecular complexity index is 107. The summed E-state index contributed by atoms with van der Waals surface area (Å²) in [5.74, 6) is 1.69. The Morgan fingerprint density at radius 2 is 2.09 bits per heavy atom. The van der Waals surface area contributed by atoms with Crippen LogP contribution in [-0.4, -0.2) is 6.04 Å². The van der Waals surface area contributed by atoms with Crippen molar-refractivity contribution in [2.75, 3.05) is 0 Å². The summed E-state index contributed by atoms with van der Waals surface area (Å²) < 4.78 is 0. The molecule has 0 amide bonds. The Hall–Kier alpha value is -0.0400. The summed E-state index contributed by atoms with van der Waals surface area (Å²) in [4.78, 5) is 0. The fourth-order valence-electron chi connectivity index (χ4n) is 1.69. The zero-order valence-corrected chi connectivity index (χ0v) is 7.84. The molecule has 0 saturated heterocycles. The van der Waals surface area contributed by atoms with E-state index < -0.39 is 0 Å². The Labute approximate surface area is 70.4 Å². The van der Waals surface area contributed by atoms with Gasteiger partial charge in [-0.15, -0.1) is 0 Å². The lowest BCUT2D eigenvalue weighted by Gasteiger charge is -2.32. The van der Waals surface area contributed by atoms with Gasteiger partial charge in [0.25, 0.3) is 0 Å². The van der Waals surface area contributed by atoms with Gasteiger partial charge in [-0.1, -0.05) is 26.7 Å². The fourth-order valence-corrected chi connectivity index (χ4v) is 1.69. The summed E-state index contributed by atoms with van der Waals surface area (Å²) in [5.41, 5.74) is 6.06. The van der Waals surface area contributed by atoms with Crippen LogP contribution < -0.4 is 5.73 Å². The van der Waals surface area contributed by atoms with E-state index in [1.165, 1.54) is 32.1 Å². The van der Waals surface area contributed by atoms with E-state index in [0.717, 1.165) is 11.8 Å². The van der Waals surface area contributed by atoms with E-state index in [0.29, 0.717) is 6.04 Å². The molecule has 0 aromatic carbocycles. The molecule has 2 N–H and O–H groups in total. The topological polar surface area (TPSA) is 26.0 Å². The normalized spacial score (nSPS) is 24.3. The molecule has 0 aromatic heterocycles. The molecule has 1 saturated carbocycles. The lowest BCUT2D eigenvalue weighted by atomic mass is 9.77. The summed E-state index contributed by atoms with van der Waals surface area (Å²) in [5, 5.41) is 0. The van der Waals surface area contributed by atoms with E-state index in [1.807, 2.05) is 0 Å². The van der Waals surface area contributed by atoms with Crippen molar-refractivity contribution >= 4 is 0 Å². The van der Waals surface area contributed by atoms with Gasteiger partial charge < -0.3 is 5.73 Å². The quantitative estimate of drug-likeness (QED) is 0.663. The van der Waals surface area contributed by atoms with Gasteiger partial charge >= 0.3 is 0 Å². The van der Waals surface area contributed by atoms with E-state index in [4.69, 9.17) is 5.73 Å². The van der Waals surface area contributed by atoms with E-state index >= 15 is 0 Å². The molecule has 1 aliphatic carbocycles. The van der Waals surface area contributed by atoms with Gasteiger partial charge in [-0.3, -0.25) is 0 Å². The lowest BCUT2D eigenvalue weighted by molar-refractivity contribution is 0.234. The van der Waals surface area contributed by atoms with Crippen LogP contribution in [0.4, 0.5) is 0 Å². The predicted molar refractivity (Wildman–Crippen MR) is 49.4 cm³/mol. The molecule has 0 aromatic rings. The Balaban J connectivity index is 2.13. The van der Waals surface area contributed by atoms with Crippen molar-refractivity contribution in [2.24, 2.45) is 17.6 Å². The molecule has 0 bridgehead atoms. The minimum atomic E-state index is 0.499. The Morgan fingerprint density at radius 3 is 2.45 bits per heavy atom. The number of hydrogen-bond donors (Lipinski definition) is 1. The van der Waals surface area contributed by atoms with Crippen molar-refractivity contribution in [3.05, 3.63) is 0 Å². The largest absolute Gasteiger partial charge is 0.327 e. The second-order valence-corrected chi connectivity index (χ2v) is 4.10. The van der Waals surface area contributed by atoms with E-state index in [2.05, 4.69) is 13.8 Å². The molecule has 1 aliphatic rings. The SMILES string of the molecule is CCC(C)CC(N)C1CCC1. The van der Waals surface area contributed by atoms with E-state index in [1.54, 1.807) is 0 Å². The van der Waals surface area contributed by atoms with Crippen LogP contribution in [0.25, 0.3) is 0 Å². The van der Waals surface area contributed by atoms with Crippen molar-refractivity contribution in [1.82, 2.24) is 0 Å². The number of nitrogens with two attached hydrogens (primary N) is 1. The minimum Gasteiger partial charge on any atom is -0.327 e. The molecule has 66 valence electrons. The average molecular weight is 155 g/mol. The Kier molecular flexibility index (Phi) is 3.38. The molecule has 2 atom stereocenters. The van der Waals surface area contributed by atoms with Gasteiger partial charge in [0.1, 0.15) is 0 Å². The Morgan fingerprint density at radius 1 is 1.45 bits per heavy atom. The second-order valence-electron chi connectivity index (χ2n) is 4.10. The molecule has 0 aliphatic heterocycles. The lowest BCUT2D eigenvalue weighted by Crippen LogP contribution is -2.35. The molecule has 0 heterocycles. The standard InChI is InChI=1S/C10H21N/c1-3-8(2)7-10(11)9-5-4-6-9/h8-10H,3-7,11H2,1-2H3. The molecule has 1 heteroatoms. The van der Waals surface area contributed by atoms with Crippen LogP contribution in [0.3, 0.4) is 0 Å². The maximum atomic E-state index is 6.06. The highest BCUT2D eigenvalue weighted by Crippen LogP contribution is 2.31. The van der Waals surface area contributed by atoms with Crippen LogP contribution in [0.1, 0.15) is 46.0 Å². The molecule has 1 fully saturated rings. The number of rotatable bonds is 4. The van der Waals surface area contributed by atoms with E-state index in [9.17, 15) is 0 Å². The summed E-state index contributed by atoms with van der Waals surface area (Å²) in [6.45, 7) is 4.55. The van der Waals surface area contributed by atoms with E-state index in [-0.39, 0.29) is 0 Å². The number of hydrogen-bond acceptors (Lipinski definition) is 1. The predicted octanol–water partition coefficient (Wildman–Crippen LogP) is 2.55. The third kappa shape index (κ3) is 2.48. The molecule has 0 radical (unpaired) electrons. The highest BCUT2D eigenvalue weighted by Gasteiger charge is 2.24. The van der Waals surface area contributed by atoms with Crippen LogP contribution in [0.5, 0.6) is 0 Å². The molecular weight excluding hydrogens is 134 g/mol. The van der Waals surface area contributed by atoms with Crippen LogP contribution >= 0.6 is 0 Å². The highest BCUT2D eigenvalue weighted by molar-refractivity contribution is 4.80. The zero-order valence-electron chi connectivity index (χ0n) is 7.84. The first kappa shape index (κ1) is 9.05. The third-order valence-corrected chi connectivity index (χ3v) is 3.13. The van der Waals surface area contributed by atoms with Gasteiger partial charge in [0.2, 0.25) is 0 Å². The van der Waals surface area contributed by atoms with Crippen LogP contribution in [0.15, 0.2) is 0 Å². The first-order valence-corrected chi connectivity index (χ1v) is 4.99. The second kappa shape index (κ2) is 4.10. The maximum absolute atomic E-state index is 6.06. The third-order valence-electron chi connectivity index (χ3n) is 3.13. The van der Waals surface area contributed by atoms with Crippen molar-refractivity contribution in [3.63, 3.8) is 0 Å². The molecular formula is C10H21N. The maximum Gasteiger partial charge on any atom is 0.00696 e. The highest BCUT2D eigenvalue weighted by atomic mass is 14.7. The minimum absolute atomic E-state index is 0.499. The van der Waals surface area contributed by atoms with Crippen molar-refractivity contribution < 1.29 is 0 Å². The van der Waals surface area contributed by atoms with Crippen molar-refractivity contribution in [2.45, 2.75) is 52.0 Å². The van der Waals surface area contributed by atoms with Gasteiger partial charge in [0.05, 0.1) is 0 Å². The molecule has 1 rings (SSSR count). The molecule has 11 heavy (non-hydrogen) atoms. The van der Waals surface area contributed by atoms with Gasteiger partial charge in [-0.25, -0.2) is 0 Å². The van der Waals surface area contributed by atoms with Crippen LogP contribution in [-0.2, 0) is 0 Å². The first-order valence-electron chi connectivity index (χ1n) is 4.99. The van der Waals surface area contributed by atoms with Gasteiger partial charge in [0.15, 0.2) is 0 Å². The summed E-state index contributed by atoms with van der Waals surface area (Å²) >= 11 is 0. The first-order chi connectivity index (χ1) is 5.24. The fraction of sp³-hybridized carbons (Fsp3) is 1.00. The summed E-state index contributed by atoms with van der Waals surface area (Å²) in [6, 6.07) is 0.499. The molecule has 0 spiro atoms. The van der Waals surface area contributed by atoms with Crippen molar-refractivity contribution in [3.8, 4) is 0 Å². The van der Waals surface area contributed by atoms with Crippen LogP contribution in [0, 0.1) is 11.8 Å². The summed E-state index contributed by atoms with van der Waals surface area (Å²) in [6.07, 6.45) is 6.70. The van der Waals surface area contributed by atoms with Gasteiger partial charge in [-0.05, 0) is 31.1 Å². The zero-order chi connectivity index (χ0) is 8.27. The van der Waals surface area contributed by atoms with Crippen LogP contribution in [0.2, 0.25) is 0 Å². The van der Waals surface area contributed by atoms with Gasteiger partial charge in [-0.2, -0.15) is 0 Å². The average Bonchev–Trinajstić information content (AvgIpc) is 1.83.